The number of amides is 1. The lowest BCUT2D eigenvalue weighted by Crippen LogP contribution is -2.26. The number of benzene rings is 3. The third-order valence-electron chi connectivity index (χ3n) is 5.10. The van der Waals surface area contributed by atoms with Gasteiger partial charge in [-0.15, -0.1) is 0 Å². The highest BCUT2D eigenvalue weighted by Gasteiger charge is 2.20. The van der Waals surface area contributed by atoms with Gasteiger partial charge in [0.1, 0.15) is 0 Å². The lowest BCUT2D eigenvalue weighted by Gasteiger charge is -2.22. The van der Waals surface area contributed by atoms with E-state index >= 15 is 0 Å². The molecule has 31 heavy (non-hydrogen) atoms. The van der Waals surface area contributed by atoms with Crippen LogP contribution in [0.25, 0.3) is 11.1 Å². The van der Waals surface area contributed by atoms with E-state index in [1.807, 2.05) is 68.4 Å². The fraction of sp³-hybridized carbons (Fsp3) is 0.208. The smallest absolute Gasteiger partial charge is 0.257 e. The van der Waals surface area contributed by atoms with E-state index in [4.69, 9.17) is 0 Å². The number of sulfonamides is 1. The minimum atomic E-state index is -3.51. The van der Waals surface area contributed by atoms with E-state index in [0.29, 0.717) is 16.9 Å². The van der Waals surface area contributed by atoms with E-state index in [1.165, 1.54) is 11.4 Å². The minimum absolute atomic E-state index is 0.312. The topological polar surface area (TPSA) is 69.7 Å². The third kappa shape index (κ3) is 5.06. The predicted molar refractivity (Wildman–Crippen MR) is 129 cm³/mol. The predicted octanol–water partition coefficient (Wildman–Crippen LogP) is 4.38. The molecule has 0 unspecified atom stereocenters. The number of hydrogen-bond donors (Lipinski definition) is 1. The van der Waals surface area contributed by atoms with Crippen LogP contribution in [0.15, 0.2) is 66.7 Å². The summed E-state index contributed by atoms with van der Waals surface area (Å²) in [6.07, 6.45) is 1.13. The molecule has 0 aliphatic carbocycles. The molecule has 6 nitrogen and oxygen atoms in total. The van der Waals surface area contributed by atoms with E-state index < -0.39 is 10.0 Å². The van der Waals surface area contributed by atoms with Crippen LogP contribution >= 0.6 is 0 Å². The Morgan fingerprint density at radius 1 is 0.839 bits per heavy atom. The lowest BCUT2D eigenvalue weighted by molar-refractivity contribution is 0.102. The number of nitrogens with zero attached hydrogens (tertiary/aromatic N) is 2. The molecule has 0 atom stereocenters. The van der Waals surface area contributed by atoms with Crippen molar-refractivity contribution in [3.05, 3.63) is 77.9 Å². The van der Waals surface area contributed by atoms with Gasteiger partial charge in [0.25, 0.3) is 5.91 Å². The van der Waals surface area contributed by atoms with Gasteiger partial charge in [0, 0.05) is 26.8 Å². The molecule has 1 N–H and O–H groups in total. The zero-order valence-corrected chi connectivity index (χ0v) is 19.2. The second kappa shape index (κ2) is 8.81. The van der Waals surface area contributed by atoms with E-state index in [1.54, 1.807) is 24.3 Å². The Morgan fingerprint density at radius 2 is 1.45 bits per heavy atom. The number of carbonyl (C=O) groups excluding carboxylic acids is 1. The summed E-state index contributed by atoms with van der Waals surface area (Å²) < 4.78 is 25.5. The van der Waals surface area contributed by atoms with Crippen molar-refractivity contribution in [1.82, 2.24) is 0 Å². The standard InChI is InChI=1S/C24H27N3O3S/c1-17-10-12-18(13-11-17)19-14-15-23(27(4)31(5,29)30)21(16-19)25-24(28)20-8-6-7-9-22(20)26(2)3/h6-16H,1-5H3,(H,25,28). The molecule has 0 aliphatic rings. The largest absolute Gasteiger partial charge is 0.377 e. The molecule has 0 aromatic heterocycles. The first-order valence-corrected chi connectivity index (χ1v) is 11.7. The Morgan fingerprint density at radius 3 is 2.06 bits per heavy atom. The Bertz CT molecular complexity index is 1200. The first-order valence-electron chi connectivity index (χ1n) is 9.80. The summed E-state index contributed by atoms with van der Waals surface area (Å²) in [5.41, 5.74) is 5.09. The van der Waals surface area contributed by atoms with E-state index in [-0.39, 0.29) is 5.91 Å². The fourth-order valence-corrected chi connectivity index (χ4v) is 3.78. The van der Waals surface area contributed by atoms with Gasteiger partial charge in [0.05, 0.1) is 23.2 Å². The maximum atomic E-state index is 13.2. The van der Waals surface area contributed by atoms with Crippen LogP contribution in [-0.4, -0.2) is 41.7 Å². The zero-order valence-electron chi connectivity index (χ0n) is 18.4. The molecule has 3 rings (SSSR count). The molecule has 0 aliphatic heterocycles. The van der Waals surface area contributed by atoms with Crippen molar-refractivity contribution in [2.45, 2.75) is 6.92 Å². The van der Waals surface area contributed by atoms with Gasteiger partial charge in [-0.1, -0.05) is 48.0 Å². The van der Waals surface area contributed by atoms with Crippen molar-refractivity contribution in [2.75, 3.05) is 41.9 Å². The number of nitrogens with one attached hydrogen (secondary N) is 1. The second-order valence-corrected chi connectivity index (χ2v) is 9.71. The maximum Gasteiger partial charge on any atom is 0.257 e. The molecule has 3 aromatic carbocycles. The van der Waals surface area contributed by atoms with E-state index in [9.17, 15) is 13.2 Å². The van der Waals surface area contributed by atoms with Crippen molar-refractivity contribution in [2.24, 2.45) is 0 Å². The van der Waals surface area contributed by atoms with E-state index in [0.717, 1.165) is 28.6 Å². The first-order chi connectivity index (χ1) is 14.6. The summed E-state index contributed by atoms with van der Waals surface area (Å²) in [4.78, 5) is 15.0. The number of carbonyl (C=O) groups is 1. The van der Waals surface area contributed by atoms with Gasteiger partial charge in [-0.05, 0) is 42.3 Å². The summed E-state index contributed by atoms with van der Waals surface area (Å²) >= 11 is 0. The third-order valence-corrected chi connectivity index (χ3v) is 6.29. The van der Waals surface area contributed by atoms with Crippen LogP contribution in [0.5, 0.6) is 0 Å². The van der Waals surface area contributed by atoms with Gasteiger partial charge in [-0.25, -0.2) is 8.42 Å². The molecule has 1 amide bonds. The number of rotatable bonds is 6. The molecule has 0 heterocycles. The lowest BCUT2D eigenvalue weighted by atomic mass is 10.0. The summed E-state index contributed by atoms with van der Waals surface area (Å²) in [6, 6.07) is 20.7. The monoisotopic (exact) mass is 437 g/mol. The van der Waals surface area contributed by atoms with Crippen molar-refractivity contribution in [3.63, 3.8) is 0 Å². The molecular weight excluding hydrogens is 410 g/mol. The highest BCUT2D eigenvalue weighted by molar-refractivity contribution is 7.92. The summed E-state index contributed by atoms with van der Waals surface area (Å²) in [5.74, 6) is -0.312. The summed E-state index contributed by atoms with van der Waals surface area (Å²) in [6.45, 7) is 2.02. The molecule has 7 heteroatoms. The van der Waals surface area contributed by atoms with Gasteiger partial charge in [0.15, 0.2) is 0 Å². The highest BCUT2D eigenvalue weighted by atomic mass is 32.2. The van der Waals surface area contributed by atoms with Crippen LogP contribution in [0.1, 0.15) is 15.9 Å². The molecule has 3 aromatic rings. The molecule has 0 fully saturated rings. The van der Waals surface area contributed by atoms with Gasteiger partial charge >= 0.3 is 0 Å². The molecule has 0 radical (unpaired) electrons. The zero-order chi connectivity index (χ0) is 22.8. The van der Waals surface area contributed by atoms with Crippen LogP contribution in [0.3, 0.4) is 0 Å². The van der Waals surface area contributed by atoms with Crippen LogP contribution in [-0.2, 0) is 10.0 Å². The molecular formula is C24H27N3O3S. The molecule has 162 valence electrons. The number of aryl methyl sites for hydroxylation is 1. The number of para-hydroxylation sites is 1. The van der Waals surface area contributed by atoms with Crippen LogP contribution in [0, 0.1) is 6.92 Å². The Kier molecular flexibility index (Phi) is 6.36. The fourth-order valence-electron chi connectivity index (χ4n) is 3.26. The quantitative estimate of drug-likeness (QED) is 0.621. The summed E-state index contributed by atoms with van der Waals surface area (Å²) in [7, 11) is 1.70. The SMILES string of the molecule is Cc1ccc(-c2ccc(N(C)S(C)(=O)=O)c(NC(=O)c3ccccc3N(C)C)c2)cc1. The van der Waals surface area contributed by atoms with Crippen molar-refractivity contribution in [1.29, 1.82) is 0 Å². The van der Waals surface area contributed by atoms with E-state index in [2.05, 4.69) is 5.32 Å². The average Bonchev–Trinajstić information content (AvgIpc) is 2.73. The van der Waals surface area contributed by atoms with Crippen molar-refractivity contribution < 1.29 is 13.2 Å². The van der Waals surface area contributed by atoms with Gasteiger partial charge in [-0.3, -0.25) is 9.10 Å². The molecule has 0 spiro atoms. The van der Waals surface area contributed by atoms with Crippen LogP contribution in [0.2, 0.25) is 0 Å². The Labute approximate surface area is 184 Å². The van der Waals surface area contributed by atoms with Gasteiger partial charge < -0.3 is 10.2 Å². The molecule has 0 saturated heterocycles. The first kappa shape index (κ1) is 22.4. The van der Waals surface area contributed by atoms with Gasteiger partial charge in [-0.2, -0.15) is 0 Å². The Hall–Kier alpha value is -3.32. The highest BCUT2D eigenvalue weighted by Crippen LogP contribution is 2.33. The molecule has 0 bridgehead atoms. The second-order valence-electron chi connectivity index (χ2n) is 7.69. The van der Waals surface area contributed by atoms with Crippen molar-refractivity contribution >= 4 is 33.0 Å². The number of anilines is 3. The van der Waals surface area contributed by atoms with Crippen LogP contribution < -0.4 is 14.5 Å². The normalized spacial score (nSPS) is 11.1. The Balaban J connectivity index is 2.08. The molecule has 0 saturated carbocycles. The number of hydrogen-bond acceptors (Lipinski definition) is 4. The minimum Gasteiger partial charge on any atom is -0.377 e. The summed E-state index contributed by atoms with van der Waals surface area (Å²) in [5, 5.41) is 2.92. The van der Waals surface area contributed by atoms with Crippen molar-refractivity contribution in [3.8, 4) is 11.1 Å². The van der Waals surface area contributed by atoms with Crippen LogP contribution in [0.4, 0.5) is 17.1 Å². The average molecular weight is 438 g/mol. The maximum absolute atomic E-state index is 13.2. The van der Waals surface area contributed by atoms with Gasteiger partial charge in [0.2, 0.25) is 10.0 Å².